The summed E-state index contributed by atoms with van der Waals surface area (Å²) in [5.74, 6) is 1.18. The van der Waals surface area contributed by atoms with Crippen LogP contribution < -0.4 is 5.32 Å². The Balaban J connectivity index is 1.12. The average Bonchev–Trinajstić information content (AvgIpc) is 3.56. The first kappa shape index (κ1) is 24.0. The molecule has 3 aliphatic rings. The molecule has 1 saturated carbocycles. The first-order chi connectivity index (χ1) is 18.0. The van der Waals surface area contributed by atoms with Crippen LogP contribution in [0.4, 0.5) is 5.69 Å². The van der Waals surface area contributed by atoms with Gasteiger partial charge in [0.25, 0.3) is 5.91 Å². The standard InChI is InChI=1S/C29H34N6O2/c1-18-14-24(16-31-28(18)22-8-11-34(12-9-22)26-10-13-37-20(26)3)33-29(36)25-17-32-35(19(25)2)27-7-6-23(15-30-27)21-4-5-21/h6-8,14-17,20-21,26H,4-5,9-13H2,1-3H3,(H,33,36). The van der Waals surface area contributed by atoms with Crippen LogP contribution in [-0.2, 0) is 4.74 Å². The summed E-state index contributed by atoms with van der Waals surface area (Å²) in [6.45, 7) is 8.92. The number of nitrogens with zero attached hydrogens (tertiary/aromatic N) is 5. The fourth-order valence-electron chi connectivity index (χ4n) is 5.62. The molecule has 0 aromatic carbocycles. The van der Waals surface area contributed by atoms with Gasteiger partial charge in [-0.3, -0.25) is 14.7 Å². The van der Waals surface area contributed by atoms with Gasteiger partial charge in [-0.25, -0.2) is 9.67 Å². The molecule has 2 aliphatic heterocycles. The highest BCUT2D eigenvalue weighted by Crippen LogP contribution is 2.39. The summed E-state index contributed by atoms with van der Waals surface area (Å²) in [4.78, 5) is 24.9. The maximum absolute atomic E-state index is 13.1. The molecular formula is C29H34N6O2. The lowest BCUT2D eigenvalue weighted by atomic mass is 9.98. The van der Waals surface area contributed by atoms with E-state index < -0.39 is 0 Å². The number of carbonyl (C=O) groups excluding carboxylic acids is 1. The number of amides is 1. The molecule has 3 aromatic heterocycles. The lowest BCUT2D eigenvalue weighted by Gasteiger charge is -2.33. The molecule has 2 fully saturated rings. The van der Waals surface area contributed by atoms with Gasteiger partial charge in [0.15, 0.2) is 5.82 Å². The molecule has 37 heavy (non-hydrogen) atoms. The van der Waals surface area contributed by atoms with Gasteiger partial charge >= 0.3 is 0 Å². The normalized spacial score (nSPS) is 22.2. The maximum atomic E-state index is 13.1. The summed E-state index contributed by atoms with van der Waals surface area (Å²) in [6.07, 6.45) is 12.4. The van der Waals surface area contributed by atoms with E-state index in [9.17, 15) is 4.79 Å². The van der Waals surface area contributed by atoms with Crippen LogP contribution in [0.2, 0.25) is 0 Å². The zero-order valence-electron chi connectivity index (χ0n) is 21.8. The van der Waals surface area contributed by atoms with Crippen molar-refractivity contribution in [2.75, 3.05) is 25.0 Å². The third kappa shape index (κ3) is 4.83. The van der Waals surface area contributed by atoms with Crippen molar-refractivity contribution in [2.45, 2.75) is 64.5 Å². The van der Waals surface area contributed by atoms with Gasteiger partial charge < -0.3 is 10.1 Å². The van der Waals surface area contributed by atoms with Crippen molar-refractivity contribution >= 4 is 17.2 Å². The number of aromatic nitrogens is 4. The monoisotopic (exact) mass is 498 g/mol. The Morgan fingerprint density at radius 2 is 1.97 bits per heavy atom. The lowest BCUT2D eigenvalue weighted by molar-refractivity contribution is 0.0781. The first-order valence-electron chi connectivity index (χ1n) is 13.3. The SMILES string of the molecule is Cc1cc(NC(=O)c2cnn(-c3ccc(C4CC4)cn3)c2C)cnc1C1=CCN(C2CCOC2C)CC1. The van der Waals surface area contributed by atoms with E-state index in [0.29, 0.717) is 29.3 Å². The van der Waals surface area contributed by atoms with E-state index >= 15 is 0 Å². The molecule has 3 aromatic rings. The minimum Gasteiger partial charge on any atom is -0.377 e. The smallest absolute Gasteiger partial charge is 0.259 e. The molecular weight excluding hydrogens is 464 g/mol. The predicted molar refractivity (Wildman–Crippen MR) is 143 cm³/mol. The summed E-state index contributed by atoms with van der Waals surface area (Å²) < 4.78 is 7.47. The van der Waals surface area contributed by atoms with Gasteiger partial charge in [-0.05, 0) is 81.2 Å². The van der Waals surface area contributed by atoms with Crippen molar-refractivity contribution in [3.05, 3.63) is 70.9 Å². The van der Waals surface area contributed by atoms with Crippen LogP contribution in [0.25, 0.3) is 11.4 Å². The van der Waals surface area contributed by atoms with Gasteiger partial charge in [0.05, 0.1) is 41.1 Å². The second-order valence-corrected chi connectivity index (χ2v) is 10.5. The second-order valence-electron chi connectivity index (χ2n) is 10.5. The number of pyridine rings is 2. The molecule has 0 radical (unpaired) electrons. The van der Waals surface area contributed by atoms with Crippen LogP contribution in [0.3, 0.4) is 0 Å². The van der Waals surface area contributed by atoms with Crippen LogP contribution in [0.5, 0.6) is 0 Å². The molecule has 192 valence electrons. The Kier molecular flexibility index (Phi) is 6.38. The number of ether oxygens (including phenoxy) is 1. The minimum atomic E-state index is -0.201. The summed E-state index contributed by atoms with van der Waals surface area (Å²) in [6, 6.07) is 6.59. The highest BCUT2D eigenvalue weighted by molar-refractivity contribution is 6.05. The molecule has 0 spiro atoms. The first-order valence-corrected chi connectivity index (χ1v) is 13.3. The van der Waals surface area contributed by atoms with Crippen LogP contribution in [0, 0.1) is 13.8 Å². The van der Waals surface area contributed by atoms with Crippen LogP contribution >= 0.6 is 0 Å². The van der Waals surface area contributed by atoms with Gasteiger partial charge in [0.2, 0.25) is 0 Å². The minimum absolute atomic E-state index is 0.201. The van der Waals surface area contributed by atoms with Crippen molar-refractivity contribution in [3.8, 4) is 5.82 Å². The van der Waals surface area contributed by atoms with Gasteiger partial charge in [-0.15, -0.1) is 0 Å². The molecule has 6 rings (SSSR count). The quantitative estimate of drug-likeness (QED) is 0.531. The molecule has 1 amide bonds. The summed E-state index contributed by atoms with van der Waals surface area (Å²) in [5, 5.41) is 7.43. The topological polar surface area (TPSA) is 85.2 Å². The average molecular weight is 499 g/mol. The van der Waals surface area contributed by atoms with E-state index in [1.165, 1.54) is 24.0 Å². The third-order valence-electron chi connectivity index (χ3n) is 7.98. The summed E-state index contributed by atoms with van der Waals surface area (Å²) in [5.41, 5.74) is 6.58. The Hall–Kier alpha value is -3.36. The van der Waals surface area contributed by atoms with Crippen molar-refractivity contribution in [1.29, 1.82) is 0 Å². The Morgan fingerprint density at radius 3 is 2.62 bits per heavy atom. The number of rotatable bonds is 6. The highest BCUT2D eigenvalue weighted by atomic mass is 16.5. The number of nitrogens with one attached hydrogen (secondary N) is 1. The third-order valence-corrected chi connectivity index (χ3v) is 7.98. The number of hydrogen-bond acceptors (Lipinski definition) is 6. The number of anilines is 1. The lowest BCUT2D eigenvalue weighted by Crippen LogP contribution is -2.42. The summed E-state index contributed by atoms with van der Waals surface area (Å²) in [7, 11) is 0. The predicted octanol–water partition coefficient (Wildman–Crippen LogP) is 4.68. The van der Waals surface area contributed by atoms with Crippen LogP contribution in [0.1, 0.15) is 71.4 Å². The van der Waals surface area contributed by atoms with E-state index in [1.54, 1.807) is 17.1 Å². The Labute approximate surface area is 217 Å². The number of carbonyl (C=O) groups is 1. The van der Waals surface area contributed by atoms with E-state index in [4.69, 9.17) is 9.72 Å². The Morgan fingerprint density at radius 1 is 1.11 bits per heavy atom. The Bertz CT molecular complexity index is 1340. The van der Waals surface area contributed by atoms with Gasteiger partial charge in [0.1, 0.15) is 0 Å². The molecule has 1 aliphatic carbocycles. The van der Waals surface area contributed by atoms with Crippen molar-refractivity contribution < 1.29 is 9.53 Å². The van der Waals surface area contributed by atoms with E-state index in [2.05, 4.69) is 46.3 Å². The molecule has 0 bridgehead atoms. The molecule has 8 nitrogen and oxygen atoms in total. The zero-order chi connectivity index (χ0) is 25.5. The second kappa shape index (κ2) is 9.84. The largest absolute Gasteiger partial charge is 0.377 e. The van der Waals surface area contributed by atoms with E-state index in [1.807, 2.05) is 25.3 Å². The van der Waals surface area contributed by atoms with Gasteiger partial charge in [-0.1, -0.05) is 12.1 Å². The maximum Gasteiger partial charge on any atom is 0.259 e. The molecule has 1 saturated heterocycles. The zero-order valence-corrected chi connectivity index (χ0v) is 21.8. The fourth-order valence-corrected chi connectivity index (χ4v) is 5.62. The highest BCUT2D eigenvalue weighted by Gasteiger charge is 2.31. The van der Waals surface area contributed by atoms with Gasteiger partial charge in [0, 0.05) is 31.9 Å². The molecule has 5 heterocycles. The molecule has 1 N–H and O–H groups in total. The number of hydrogen-bond donors (Lipinski definition) is 1. The molecule has 8 heteroatoms. The van der Waals surface area contributed by atoms with E-state index in [0.717, 1.165) is 55.3 Å². The number of aryl methyl sites for hydroxylation is 1. The van der Waals surface area contributed by atoms with Crippen LogP contribution in [-0.4, -0.2) is 62.4 Å². The van der Waals surface area contributed by atoms with Crippen molar-refractivity contribution in [2.24, 2.45) is 0 Å². The van der Waals surface area contributed by atoms with Crippen LogP contribution in [0.15, 0.2) is 42.9 Å². The van der Waals surface area contributed by atoms with E-state index in [-0.39, 0.29) is 5.91 Å². The van der Waals surface area contributed by atoms with Crippen molar-refractivity contribution in [1.82, 2.24) is 24.6 Å². The molecule has 2 atom stereocenters. The molecule has 2 unspecified atom stereocenters. The summed E-state index contributed by atoms with van der Waals surface area (Å²) >= 11 is 0. The van der Waals surface area contributed by atoms with Crippen molar-refractivity contribution in [3.63, 3.8) is 0 Å². The fraction of sp³-hybridized carbons (Fsp3) is 0.448. The van der Waals surface area contributed by atoms with Gasteiger partial charge in [-0.2, -0.15) is 5.10 Å².